The Bertz CT molecular complexity index is 1290. The van der Waals surface area contributed by atoms with Crippen LogP contribution in [-0.4, -0.2) is 16.7 Å². The van der Waals surface area contributed by atoms with Crippen LogP contribution in [0.3, 0.4) is 0 Å². The number of aromatic nitrogens is 1. The Morgan fingerprint density at radius 3 is 2.94 bits per heavy atom. The molecular weight excluding hydrogens is 418 g/mol. The number of nitrogens with one attached hydrogen (secondary N) is 1. The third-order valence-corrected chi connectivity index (χ3v) is 7.05. The molecule has 6 heteroatoms. The summed E-state index contributed by atoms with van der Waals surface area (Å²) in [7, 11) is 0. The molecule has 5 nitrogen and oxygen atoms in total. The molecule has 3 aromatic heterocycles. The first-order chi connectivity index (χ1) is 15.7. The normalized spacial score (nSPS) is 13.5. The molecular formula is C26H25N3O2S. The van der Waals surface area contributed by atoms with Crippen LogP contribution in [0.15, 0.2) is 70.9 Å². The van der Waals surface area contributed by atoms with Crippen molar-refractivity contribution in [3.8, 4) is 0 Å². The van der Waals surface area contributed by atoms with Crippen LogP contribution in [-0.2, 0) is 25.9 Å². The molecule has 0 spiro atoms. The molecule has 5 rings (SSSR count). The van der Waals surface area contributed by atoms with E-state index in [9.17, 15) is 4.79 Å². The molecule has 32 heavy (non-hydrogen) atoms. The van der Waals surface area contributed by atoms with E-state index >= 15 is 0 Å². The highest BCUT2D eigenvalue weighted by Crippen LogP contribution is 2.40. The zero-order chi connectivity index (χ0) is 21.9. The second-order valence-corrected chi connectivity index (χ2v) is 9.04. The number of rotatable bonds is 7. The maximum absolute atomic E-state index is 13.2. The van der Waals surface area contributed by atoms with Gasteiger partial charge in [-0.3, -0.25) is 4.79 Å². The number of hydrogen-bond donors (Lipinski definition) is 1. The Kier molecular flexibility index (Phi) is 5.77. The molecule has 3 heterocycles. The number of amides is 1. The Balaban J connectivity index is 1.49. The number of thiophene rings is 1. The lowest BCUT2D eigenvalue weighted by Crippen LogP contribution is -2.23. The van der Waals surface area contributed by atoms with Gasteiger partial charge in [-0.1, -0.05) is 24.3 Å². The summed E-state index contributed by atoms with van der Waals surface area (Å²) in [6, 6.07) is 12.0. The highest BCUT2D eigenvalue weighted by Gasteiger charge is 2.25. The minimum absolute atomic E-state index is 0.0814. The number of para-hydroxylation sites is 1. The van der Waals surface area contributed by atoms with Crippen LogP contribution in [0.1, 0.15) is 45.0 Å². The van der Waals surface area contributed by atoms with Gasteiger partial charge >= 0.3 is 0 Å². The largest absolute Gasteiger partial charge is 0.467 e. The topological polar surface area (TPSA) is 59.5 Å². The van der Waals surface area contributed by atoms with Crippen molar-refractivity contribution in [2.24, 2.45) is 4.99 Å². The summed E-state index contributed by atoms with van der Waals surface area (Å²) in [6.07, 6.45) is 11.7. The van der Waals surface area contributed by atoms with Crippen LogP contribution in [0.4, 0.5) is 5.00 Å². The number of aliphatic imine (C=N–C) groups is 1. The van der Waals surface area contributed by atoms with E-state index in [2.05, 4.69) is 34.8 Å². The number of carbonyl (C=O) groups is 1. The molecule has 4 aromatic rings. The van der Waals surface area contributed by atoms with Crippen LogP contribution >= 0.6 is 11.3 Å². The molecule has 0 atom stereocenters. The average molecular weight is 444 g/mol. The van der Waals surface area contributed by atoms with Gasteiger partial charge in [0.2, 0.25) is 0 Å². The molecule has 1 aliphatic carbocycles. The summed E-state index contributed by atoms with van der Waals surface area (Å²) in [5, 5.41) is 4.94. The Hall–Kier alpha value is -3.38. The fourth-order valence-corrected chi connectivity index (χ4v) is 5.57. The van der Waals surface area contributed by atoms with E-state index in [1.165, 1.54) is 16.9 Å². The van der Waals surface area contributed by atoms with Crippen molar-refractivity contribution in [1.82, 2.24) is 9.88 Å². The first-order valence-corrected chi connectivity index (χ1v) is 11.7. The molecule has 0 bridgehead atoms. The van der Waals surface area contributed by atoms with Gasteiger partial charge in [0, 0.05) is 40.3 Å². The van der Waals surface area contributed by atoms with Crippen molar-refractivity contribution in [2.45, 2.75) is 38.8 Å². The zero-order valence-corrected chi connectivity index (χ0v) is 18.7. The summed E-state index contributed by atoms with van der Waals surface area (Å²) in [5.41, 5.74) is 4.08. The predicted octanol–water partition coefficient (Wildman–Crippen LogP) is 6.04. The number of carbonyl (C=O) groups excluding carboxylic acids is 1. The second kappa shape index (κ2) is 9.01. The highest BCUT2D eigenvalue weighted by molar-refractivity contribution is 7.16. The van der Waals surface area contributed by atoms with Crippen LogP contribution in [0, 0.1) is 0 Å². The molecule has 1 amide bonds. The van der Waals surface area contributed by atoms with E-state index in [1.807, 2.05) is 36.6 Å². The summed E-state index contributed by atoms with van der Waals surface area (Å²) in [4.78, 5) is 19.3. The quantitative estimate of drug-likeness (QED) is 0.280. The number of aryl methyl sites for hydroxylation is 1. The van der Waals surface area contributed by atoms with Gasteiger partial charge < -0.3 is 14.3 Å². The van der Waals surface area contributed by atoms with Crippen molar-refractivity contribution in [3.05, 3.63) is 88.8 Å². The number of hydrogen-bond acceptors (Lipinski definition) is 4. The molecule has 1 N–H and O–H groups in total. The molecule has 0 aliphatic heterocycles. The minimum Gasteiger partial charge on any atom is -0.467 e. The van der Waals surface area contributed by atoms with E-state index in [-0.39, 0.29) is 5.91 Å². The lowest BCUT2D eigenvalue weighted by molar-refractivity contribution is 0.0948. The lowest BCUT2D eigenvalue weighted by Gasteiger charge is -2.12. The molecule has 0 fully saturated rings. The van der Waals surface area contributed by atoms with Gasteiger partial charge in [-0.05, 0) is 49.4 Å². The number of nitrogens with zero attached hydrogens (tertiary/aromatic N) is 2. The maximum atomic E-state index is 13.2. The number of furan rings is 1. The average Bonchev–Trinajstić information content (AvgIpc) is 3.54. The van der Waals surface area contributed by atoms with Crippen LogP contribution in [0.2, 0.25) is 0 Å². The Morgan fingerprint density at radius 1 is 1.22 bits per heavy atom. The van der Waals surface area contributed by atoms with Crippen molar-refractivity contribution >= 4 is 39.4 Å². The van der Waals surface area contributed by atoms with Gasteiger partial charge in [0.05, 0.1) is 18.4 Å². The van der Waals surface area contributed by atoms with E-state index in [0.717, 1.165) is 58.6 Å². The van der Waals surface area contributed by atoms with E-state index in [1.54, 1.807) is 17.6 Å². The molecule has 0 unspecified atom stereocenters. The van der Waals surface area contributed by atoms with Gasteiger partial charge in [0.25, 0.3) is 5.91 Å². The van der Waals surface area contributed by atoms with Gasteiger partial charge in [0.15, 0.2) is 0 Å². The molecule has 1 aliphatic rings. The van der Waals surface area contributed by atoms with Crippen molar-refractivity contribution in [3.63, 3.8) is 0 Å². The fourth-order valence-electron chi connectivity index (χ4n) is 4.34. The lowest BCUT2D eigenvalue weighted by atomic mass is 9.95. The Morgan fingerprint density at radius 2 is 2.09 bits per heavy atom. The highest BCUT2D eigenvalue weighted by atomic mass is 32.1. The van der Waals surface area contributed by atoms with Gasteiger partial charge in [0.1, 0.15) is 10.8 Å². The minimum atomic E-state index is -0.0814. The first-order valence-electron chi connectivity index (χ1n) is 10.9. The smallest absolute Gasteiger partial charge is 0.255 e. The number of allylic oxidation sites excluding steroid dienone is 1. The second-order valence-electron chi connectivity index (χ2n) is 7.95. The predicted molar refractivity (Wildman–Crippen MR) is 130 cm³/mol. The molecule has 0 saturated heterocycles. The monoisotopic (exact) mass is 443 g/mol. The third-order valence-electron chi connectivity index (χ3n) is 5.85. The van der Waals surface area contributed by atoms with Gasteiger partial charge in [-0.25, -0.2) is 4.99 Å². The zero-order valence-electron chi connectivity index (χ0n) is 17.8. The number of benzene rings is 1. The summed E-state index contributed by atoms with van der Waals surface area (Å²) >= 11 is 1.65. The first kappa shape index (κ1) is 20.5. The Labute approximate surface area is 191 Å². The van der Waals surface area contributed by atoms with Crippen LogP contribution in [0.25, 0.3) is 10.9 Å². The number of fused-ring (bicyclic) bond motifs is 2. The van der Waals surface area contributed by atoms with E-state index in [4.69, 9.17) is 9.41 Å². The standard InChI is InChI=1S/C26H25N3O2S/c1-2-13-29-17-18(20-9-3-5-11-22(20)29)15-28-26-24(21-10-4-6-12-23(21)32-26)25(30)27-16-19-8-7-14-31-19/h2-3,5,7-9,11,14-15,17H,1,4,6,10,12-13,16H2,(H,27,30)/b28-15+. The SMILES string of the molecule is C=CCn1cc(/C=N/c2sc3c(c2C(=O)NCc2ccco2)CCCC3)c2ccccc21. The van der Waals surface area contributed by atoms with Crippen LogP contribution < -0.4 is 5.32 Å². The van der Waals surface area contributed by atoms with Crippen molar-refractivity contribution in [1.29, 1.82) is 0 Å². The van der Waals surface area contributed by atoms with Gasteiger partial charge in [-0.2, -0.15) is 0 Å². The molecule has 0 radical (unpaired) electrons. The van der Waals surface area contributed by atoms with Crippen LogP contribution in [0.5, 0.6) is 0 Å². The summed E-state index contributed by atoms with van der Waals surface area (Å²) in [6.45, 7) is 4.97. The maximum Gasteiger partial charge on any atom is 0.255 e. The summed E-state index contributed by atoms with van der Waals surface area (Å²) < 4.78 is 7.53. The van der Waals surface area contributed by atoms with Gasteiger partial charge in [-0.15, -0.1) is 17.9 Å². The molecule has 162 valence electrons. The molecule has 1 aromatic carbocycles. The fraction of sp³-hybridized carbons (Fsp3) is 0.231. The summed E-state index contributed by atoms with van der Waals surface area (Å²) in [5.74, 6) is 0.657. The van der Waals surface area contributed by atoms with Crippen molar-refractivity contribution < 1.29 is 9.21 Å². The third kappa shape index (κ3) is 3.94. The van der Waals surface area contributed by atoms with Crippen molar-refractivity contribution in [2.75, 3.05) is 0 Å². The van der Waals surface area contributed by atoms with E-state index < -0.39 is 0 Å². The molecule has 0 saturated carbocycles. The van der Waals surface area contributed by atoms with E-state index in [0.29, 0.717) is 6.54 Å².